The fraction of sp³-hybridized carbons (Fsp3) is 0.417. The van der Waals surface area contributed by atoms with E-state index in [2.05, 4.69) is 10.0 Å². The van der Waals surface area contributed by atoms with Crippen LogP contribution in [0.15, 0.2) is 53.4 Å². The normalized spacial score (nSPS) is 18.6. The molecule has 2 fully saturated rings. The number of hydrogen-bond acceptors (Lipinski definition) is 5. The van der Waals surface area contributed by atoms with Crippen LogP contribution in [0.1, 0.15) is 31.2 Å². The average Bonchev–Trinajstić information content (AvgIpc) is 3.63. The molecule has 2 aliphatic rings. The largest absolute Gasteiger partial charge is 0.495 e. The Bertz CT molecular complexity index is 1120. The van der Waals surface area contributed by atoms with E-state index in [1.807, 2.05) is 30.3 Å². The Morgan fingerprint density at radius 2 is 1.85 bits per heavy atom. The van der Waals surface area contributed by atoms with Gasteiger partial charge in [0.1, 0.15) is 5.75 Å². The van der Waals surface area contributed by atoms with Crippen LogP contribution in [0.25, 0.3) is 0 Å². The third-order valence-electron chi connectivity index (χ3n) is 5.98. The summed E-state index contributed by atoms with van der Waals surface area (Å²) < 4.78 is 33.1. The molecule has 2 aromatic carbocycles. The minimum Gasteiger partial charge on any atom is -0.495 e. The molecule has 2 amide bonds. The second kappa shape index (κ2) is 9.93. The van der Waals surface area contributed by atoms with E-state index in [0.29, 0.717) is 37.4 Å². The number of ether oxygens (including phenoxy) is 1. The fourth-order valence-electron chi connectivity index (χ4n) is 3.98. The first-order chi connectivity index (χ1) is 15.9. The molecule has 9 heteroatoms. The van der Waals surface area contributed by atoms with Gasteiger partial charge in [0.25, 0.3) is 0 Å². The topological polar surface area (TPSA) is 105 Å². The van der Waals surface area contributed by atoms with Crippen molar-refractivity contribution in [2.45, 2.75) is 43.0 Å². The highest BCUT2D eigenvalue weighted by atomic mass is 32.2. The van der Waals surface area contributed by atoms with Gasteiger partial charge in [0.2, 0.25) is 21.8 Å². The summed E-state index contributed by atoms with van der Waals surface area (Å²) in [5.74, 6) is -0.264. The Hall–Kier alpha value is -2.91. The molecule has 0 bridgehead atoms. The van der Waals surface area contributed by atoms with Gasteiger partial charge in [-0.3, -0.25) is 9.59 Å². The van der Waals surface area contributed by atoms with E-state index in [9.17, 15) is 18.0 Å². The molecule has 1 atom stereocenters. The average molecular weight is 472 g/mol. The van der Waals surface area contributed by atoms with E-state index < -0.39 is 10.0 Å². The van der Waals surface area contributed by atoms with Gasteiger partial charge in [-0.25, -0.2) is 13.1 Å². The Morgan fingerprint density at radius 3 is 2.55 bits per heavy atom. The Morgan fingerprint density at radius 1 is 1.09 bits per heavy atom. The third kappa shape index (κ3) is 5.91. The quantitative estimate of drug-likeness (QED) is 0.616. The van der Waals surface area contributed by atoms with E-state index in [1.165, 1.54) is 25.3 Å². The third-order valence-corrected chi connectivity index (χ3v) is 7.50. The summed E-state index contributed by atoms with van der Waals surface area (Å²) in [6.07, 6.45) is 3.36. The Balaban J connectivity index is 1.43. The van der Waals surface area contributed by atoms with E-state index in [0.717, 1.165) is 24.8 Å². The first-order valence-corrected chi connectivity index (χ1v) is 12.7. The van der Waals surface area contributed by atoms with Crippen molar-refractivity contribution in [2.24, 2.45) is 5.92 Å². The van der Waals surface area contributed by atoms with Crippen LogP contribution in [0.5, 0.6) is 5.75 Å². The van der Waals surface area contributed by atoms with Gasteiger partial charge in [-0.15, -0.1) is 0 Å². The summed E-state index contributed by atoms with van der Waals surface area (Å²) in [7, 11) is -2.20. The predicted octanol–water partition coefficient (Wildman–Crippen LogP) is 2.56. The molecule has 1 unspecified atom stereocenters. The number of benzene rings is 2. The Kier molecular flexibility index (Phi) is 6.99. The molecule has 8 nitrogen and oxygen atoms in total. The lowest BCUT2D eigenvalue weighted by atomic mass is 9.96. The summed E-state index contributed by atoms with van der Waals surface area (Å²) >= 11 is 0. The van der Waals surface area contributed by atoms with Crippen LogP contribution in [0.2, 0.25) is 0 Å². The molecular weight excluding hydrogens is 442 g/mol. The molecule has 1 heterocycles. The molecule has 2 aromatic rings. The van der Waals surface area contributed by atoms with E-state index in [1.54, 1.807) is 4.90 Å². The van der Waals surface area contributed by atoms with E-state index in [4.69, 9.17) is 4.74 Å². The van der Waals surface area contributed by atoms with Gasteiger partial charge in [-0.1, -0.05) is 30.3 Å². The Labute approximate surface area is 194 Å². The molecule has 33 heavy (non-hydrogen) atoms. The number of likely N-dealkylation sites (tertiary alicyclic amines) is 1. The molecule has 1 aliphatic carbocycles. The lowest BCUT2D eigenvalue weighted by Crippen LogP contribution is -2.44. The first kappa shape index (κ1) is 23.3. The minimum absolute atomic E-state index is 0.00415. The molecule has 1 aliphatic heterocycles. The summed E-state index contributed by atoms with van der Waals surface area (Å²) in [5.41, 5.74) is 1.24. The highest BCUT2D eigenvalue weighted by Gasteiger charge is 2.30. The van der Waals surface area contributed by atoms with Crippen molar-refractivity contribution in [1.82, 2.24) is 9.62 Å². The predicted molar refractivity (Wildman–Crippen MR) is 124 cm³/mol. The maximum atomic E-state index is 13.0. The smallest absolute Gasteiger partial charge is 0.240 e. The maximum absolute atomic E-state index is 13.0. The fourth-order valence-corrected chi connectivity index (χ4v) is 5.31. The standard InChI is InChI=1S/C24H29N3O5S/c1-32-22-12-11-20(33(30,31)26-19-9-10-19)15-21(22)25-24(29)18-8-5-13-27(16-18)23(28)14-17-6-3-2-4-7-17/h2-4,6-7,11-12,15,18-19,26H,5,8-10,13-14,16H2,1H3,(H,25,29). The van der Waals surface area contributed by atoms with Crippen molar-refractivity contribution in [1.29, 1.82) is 0 Å². The lowest BCUT2D eigenvalue weighted by molar-refractivity contribution is -0.133. The number of nitrogens with zero attached hydrogens (tertiary/aromatic N) is 1. The molecular formula is C24H29N3O5S. The highest BCUT2D eigenvalue weighted by Crippen LogP contribution is 2.30. The van der Waals surface area contributed by atoms with Crippen LogP contribution in [0.4, 0.5) is 5.69 Å². The second-order valence-electron chi connectivity index (χ2n) is 8.59. The molecule has 176 valence electrons. The van der Waals surface area contributed by atoms with Gasteiger partial charge in [-0.2, -0.15) is 0 Å². The summed E-state index contributed by atoms with van der Waals surface area (Å²) in [5, 5.41) is 2.83. The molecule has 2 N–H and O–H groups in total. The SMILES string of the molecule is COc1ccc(S(=O)(=O)NC2CC2)cc1NC(=O)C1CCCN(C(=O)Cc2ccccc2)C1. The molecule has 4 rings (SSSR count). The van der Waals surface area contributed by atoms with E-state index >= 15 is 0 Å². The number of piperidine rings is 1. The van der Waals surface area contributed by atoms with Crippen molar-refractivity contribution in [3.63, 3.8) is 0 Å². The summed E-state index contributed by atoms with van der Waals surface area (Å²) in [4.78, 5) is 27.6. The summed E-state index contributed by atoms with van der Waals surface area (Å²) in [6, 6.07) is 13.9. The van der Waals surface area contributed by atoms with Gasteiger partial charge in [0.05, 0.1) is 30.0 Å². The molecule has 0 spiro atoms. The monoisotopic (exact) mass is 471 g/mol. The number of rotatable bonds is 8. The number of carbonyl (C=O) groups is 2. The van der Waals surface area contributed by atoms with Crippen molar-refractivity contribution >= 4 is 27.5 Å². The minimum atomic E-state index is -3.66. The molecule has 0 radical (unpaired) electrons. The zero-order chi connectivity index (χ0) is 23.4. The van der Waals surface area contributed by atoms with Crippen molar-refractivity contribution < 1.29 is 22.7 Å². The number of carbonyl (C=O) groups excluding carboxylic acids is 2. The number of methoxy groups -OCH3 is 1. The van der Waals surface area contributed by atoms with Crippen LogP contribution in [-0.4, -0.2) is 51.4 Å². The van der Waals surface area contributed by atoms with Crippen LogP contribution >= 0.6 is 0 Å². The molecule has 0 aromatic heterocycles. The zero-order valence-corrected chi connectivity index (χ0v) is 19.4. The van der Waals surface area contributed by atoms with Gasteiger partial charge in [0.15, 0.2) is 0 Å². The summed E-state index contributed by atoms with van der Waals surface area (Å²) in [6.45, 7) is 0.959. The van der Waals surface area contributed by atoms with Gasteiger partial charge >= 0.3 is 0 Å². The van der Waals surface area contributed by atoms with Crippen LogP contribution in [0.3, 0.4) is 0 Å². The van der Waals surface area contributed by atoms with Crippen molar-refractivity contribution in [3.05, 3.63) is 54.1 Å². The van der Waals surface area contributed by atoms with Crippen molar-refractivity contribution in [2.75, 3.05) is 25.5 Å². The molecule has 1 saturated heterocycles. The highest BCUT2D eigenvalue weighted by molar-refractivity contribution is 7.89. The van der Waals surface area contributed by atoms with Crippen LogP contribution in [0, 0.1) is 5.92 Å². The maximum Gasteiger partial charge on any atom is 0.240 e. The van der Waals surface area contributed by atoms with Crippen LogP contribution < -0.4 is 14.8 Å². The number of anilines is 1. The van der Waals surface area contributed by atoms with E-state index in [-0.39, 0.29) is 28.7 Å². The van der Waals surface area contributed by atoms with Gasteiger partial charge in [0, 0.05) is 19.1 Å². The second-order valence-corrected chi connectivity index (χ2v) is 10.3. The zero-order valence-electron chi connectivity index (χ0n) is 18.6. The lowest BCUT2D eigenvalue weighted by Gasteiger charge is -2.32. The molecule has 1 saturated carbocycles. The van der Waals surface area contributed by atoms with Crippen LogP contribution in [-0.2, 0) is 26.0 Å². The number of nitrogens with one attached hydrogen (secondary N) is 2. The van der Waals surface area contributed by atoms with Gasteiger partial charge in [-0.05, 0) is 49.4 Å². The van der Waals surface area contributed by atoms with Crippen molar-refractivity contribution in [3.8, 4) is 5.75 Å². The number of amides is 2. The number of hydrogen-bond donors (Lipinski definition) is 2. The number of sulfonamides is 1. The first-order valence-electron chi connectivity index (χ1n) is 11.2. The van der Waals surface area contributed by atoms with Gasteiger partial charge < -0.3 is 15.0 Å².